The van der Waals surface area contributed by atoms with Crippen LogP contribution in [0.1, 0.15) is 27.9 Å². The van der Waals surface area contributed by atoms with Crippen LogP contribution in [0.5, 0.6) is 0 Å². The lowest BCUT2D eigenvalue weighted by Gasteiger charge is -2.06. The molecule has 0 radical (unpaired) electrons. The molecule has 0 aliphatic rings. The van der Waals surface area contributed by atoms with Gasteiger partial charge in [-0.25, -0.2) is 0 Å². The van der Waals surface area contributed by atoms with E-state index in [1.165, 1.54) is 0 Å². The first kappa shape index (κ1) is 11.2. The number of aliphatic hydroxyl groups is 1. The van der Waals surface area contributed by atoms with Crippen LogP contribution < -0.4 is 0 Å². The molecule has 0 bridgehead atoms. The van der Waals surface area contributed by atoms with Gasteiger partial charge in [-0.15, -0.1) is 11.6 Å². The van der Waals surface area contributed by atoms with E-state index in [4.69, 9.17) is 16.7 Å². The first-order valence-electron chi connectivity index (χ1n) is 4.48. The van der Waals surface area contributed by atoms with Gasteiger partial charge < -0.3 is 5.11 Å². The number of benzene rings is 1. The normalized spacial score (nSPS) is 10.2. The highest BCUT2D eigenvalue weighted by Gasteiger charge is 2.09. The van der Waals surface area contributed by atoms with Gasteiger partial charge in [0.25, 0.3) is 0 Å². The number of alkyl halides is 1. The van der Waals surface area contributed by atoms with Gasteiger partial charge in [0.1, 0.15) is 0 Å². The Kier molecular flexibility index (Phi) is 4.11. The lowest BCUT2D eigenvalue weighted by atomic mass is 10.0. The Morgan fingerprint density at radius 1 is 1.50 bits per heavy atom. The Labute approximate surface area is 88.5 Å². The summed E-state index contributed by atoms with van der Waals surface area (Å²) in [6.45, 7) is 1.82. The van der Waals surface area contributed by atoms with Crippen LogP contribution in [0.2, 0.25) is 0 Å². The molecule has 0 saturated heterocycles. The van der Waals surface area contributed by atoms with Crippen LogP contribution in [0.15, 0.2) is 18.2 Å². The minimum Gasteiger partial charge on any atom is -0.392 e. The SMILES string of the molecule is Cc1ccc(C(=O)CCCl)c(CO)c1. The maximum Gasteiger partial charge on any atom is 0.164 e. The Morgan fingerprint density at radius 2 is 2.21 bits per heavy atom. The Bertz CT molecular complexity index is 334. The average Bonchev–Trinajstić information content (AvgIpc) is 2.17. The molecule has 76 valence electrons. The van der Waals surface area contributed by atoms with Crippen molar-refractivity contribution in [3.63, 3.8) is 0 Å². The predicted molar refractivity (Wildman–Crippen MR) is 56.8 cm³/mol. The number of carbonyl (C=O) groups excluding carboxylic acids is 1. The second-order valence-corrected chi connectivity index (χ2v) is 3.56. The highest BCUT2D eigenvalue weighted by atomic mass is 35.5. The molecule has 0 spiro atoms. The number of halogens is 1. The van der Waals surface area contributed by atoms with Gasteiger partial charge in [0.15, 0.2) is 5.78 Å². The molecule has 0 fully saturated rings. The topological polar surface area (TPSA) is 37.3 Å². The highest BCUT2D eigenvalue weighted by Crippen LogP contribution is 2.14. The Balaban J connectivity index is 3.01. The maximum absolute atomic E-state index is 11.5. The molecule has 2 nitrogen and oxygen atoms in total. The second-order valence-electron chi connectivity index (χ2n) is 3.18. The lowest BCUT2D eigenvalue weighted by molar-refractivity contribution is 0.0986. The number of Topliss-reactive ketones (excluding diaryl/α,β-unsaturated/α-hetero) is 1. The van der Waals surface area contributed by atoms with Crippen LogP contribution in [0.25, 0.3) is 0 Å². The fraction of sp³-hybridized carbons (Fsp3) is 0.364. The molecule has 0 atom stereocenters. The van der Waals surface area contributed by atoms with Crippen molar-refractivity contribution < 1.29 is 9.90 Å². The molecule has 0 unspecified atom stereocenters. The molecule has 0 heterocycles. The smallest absolute Gasteiger partial charge is 0.164 e. The summed E-state index contributed by atoms with van der Waals surface area (Å²) in [5.41, 5.74) is 2.30. The third-order valence-corrected chi connectivity index (χ3v) is 2.24. The third kappa shape index (κ3) is 2.56. The van der Waals surface area contributed by atoms with E-state index in [0.29, 0.717) is 23.4 Å². The van der Waals surface area contributed by atoms with E-state index >= 15 is 0 Å². The number of ketones is 1. The summed E-state index contributed by atoms with van der Waals surface area (Å²) in [6, 6.07) is 5.43. The minimum absolute atomic E-state index is 0.0101. The zero-order valence-corrected chi connectivity index (χ0v) is 8.84. The van der Waals surface area contributed by atoms with Crippen molar-refractivity contribution in [2.75, 3.05) is 5.88 Å². The van der Waals surface area contributed by atoms with Gasteiger partial charge >= 0.3 is 0 Å². The van der Waals surface area contributed by atoms with Crippen molar-refractivity contribution in [3.05, 3.63) is 34.9 Å². The summed E-state index contributed by atoms with van der Waals surface area (Å²) in [5, 5.41) is 9.07. The van der Waals surface area contributed by atoms with Gasteiger partial charge in [-0.05, 0) is 12.5 Å². The molecule has 0 aromatic heterocycles. The molecule has 1 rings (SSSR count). The molecule has 14 heavy (non-hydrogen) atoms. The van der Waals surface area contributed by atoms with Crippen LogP contribution in [0, 0.1) is 6.92 Å². The van der Waals surface area contributed by atoms with Gasteiger partial charge in [-0.2, -0.15) is 0 Å². The Morgan fingerprint density at radius 3 is 2.79 bits per heavy atom. The number of hydrogen-bond donors (Lipinski definition) is 1. The van der Waals surface area contributed by atoms with Crippen molar-refractivity contribution >= 4 is 17.4 Å². The standard InChI is InChI=1S/C11H13ClO2/c1-8-2-3-10(9(6-8)7-13)11(14)4-5-12/h2-3,6,13H,4-5,7H2,1H3. The van der Waals surface area contributed by atoms with E-state index in [-0.39, 0.29) is 12.4 Å². The summed E-state index contributed by atoms with van der Waals surface area (Å²) < 4.78 is 0. The van der Waals surface area contributed by atoms with Gasteiger partial charge in [-0.3, -0.25) is 4.79 Å². The Hall–Kier alpha value is -0.860. The van der Waals surface area contributed by atoms with E-state index in [1.807, 2.05) is 19.1 Å². The molecule has 0 amide bonds. The minimum atomic E-state index is -0.106. The predicted octanol–water partition coefficient (Wildman–Crippen LogP) is 2.30. The van der Waals surface area contributed by atoms with Crippen LogP contribution in [0.4, 0.5) is 0 Å². The monoisotopic (exact) mass is 212 g/mol. The summed E-state index contributed by atoms with van der Waals surface area (Å²) in [5.74, 6) is 0.307. The maximum atomic E-state index is 11.5. The zero-order chi connectivity index (χ0) is 10.6. The van der Waals surface area contributed by atoms with Gasteiger partial charge in [-0.1, -0.05) is 23.8 Å². The molecule has 0 saturated carbocycles. The van der Waals surface area contributed by atoms with E-state index in [2.05, 4.69) is 0 Å². The second kappa shape index (κ2) is 5.13. The molecule has 0 aliphatic carbocycles. The van der Waals surface area contributed by atoms with E-state index in [1.54, 1.807) is 6.07 Å². The average molecular weight is 213 g/mol. The van der Waals surface area contributed by atoms with Crippen LogP contribution in [-0.2, 0) is 6.61 Å². The van der Waals surface area contributed by atoms with Crippen LogP contribution in [0.3, 0.4) is 0 Å². The number of aryl methyl sites for hydroxylation is 1. The molecular formula is C11H13ClO2. The number of carbonyl (C=O) groups is 1. The molecule has 1 aromatic carbocycles. The summed E-state index contributed by atoms with van der Waals surface area (Å²) in [6.07, 6.45) is 0.317. The number of hydrogen-bond acceptors (Lipinski definition) is 2. The van der Waals surface area contributed by atoms with E-state index < -0.39 is 0 Å². The lowest BCUT2D eigenvalue weighted by Crippen LogP contribution is -2.04. The first-order chi connectivity index (χ1) is 6.69. The van der Waals surface area contributed by atoms with E-state index in [0.717, 1.165) is 5.56 Å². The van der Waals surface area contributed by atoms with E-state index in [9.17, 15) is 4.79 Å². The fourth-order valence-electron chi connectivity index (χ4n) is 1.35. The van der Waals surface area contributed by atoms with Crippen molar-refractivity contribution in [2.24, 2.45) is 0 Å². The third-order valence-electron chi connectivity index (χ3n) is 2.05. The van der Waals surface area contributed by atoms with Crippen molar-refractivity contribution in [1.29, 1.82) is 0 Å². The number of aliphatic hydroxyl groups excluding tert-OH is 1. The van der Waals surface area contributed by atoms with Crippen molar-refractivity contribution in [1.82, 2.24) is 0 Å². The van der Waals surface area contributed by atoms with Gasteiger partial charge in [0, 0.05) is 17.9 Å². The largest absolute Gasteiger partial charge is 0.392 e. The summed E-state index contributed by atoms with van der Waals surface area (Å²) in [4.78, 5) is 11.5. The molecule has 3 heteroatoms. The fourth-order valence-corrected chi connectivity index (χ4v) is 1.52. The summed E-state index contributed by atoms with van der Waals surface area (Å²) >= 11 is 5.49. The van der Waals surface area contributed by atoms with Crippen molar-refractivity contribution in [2.45, 2.75) is 20.0 Å². The van der Waals surface area contributed by atoms with Gasteiger partial charge in [0.2, 0.25) is 0 Å². The van der Waals surface area contributed by atoms with Crippen LogP contribution in [-0.4, -0.2) is 16.8 Å². The first-order valence-corrected chi connectivity index (χ1v) is 5.02. The number of rotatable bonds is 4. The quantitative estimate of drug-likeness (QED) is 0.614. The molecule has 1 aromatic rings. The molecule has 1 N–H and O–H groups in total. The van der Waals surface area contributed by atoms with Gasteiger partial charge in [0.05, 0.1) is 6.61 Å². The highest BCUT2D eigenvalue weighted by molar-refractivity contribution is 6.19. The van der Waals surface area contributed by atoms with Crippen molar-refractivity contribution in [3.8, 4) is 0 Å². The summed E-state index contributed by atoms with van der Waals surface area (Å²) in [7, 11) is 0. The zero-order valence-electron chi connectivity index (χ0n) is 8.09. The molecule has 0 aliphatic heterocycles. The van der Waals surface area contributed by atoms with Crippen LogP contribution >= 0.6 is 11.6 Å². The molecular weight excluding hydrogens is 200 g/mol.